The van der Waals surface area contributed by atoms with Gasteiger partial charge in [0.25, 0.3) is 10.0 Å². The fourth-order valence-electron chi connectivity index (χ4n) is 1.68. The number of benzene rings is 1. The Balaban J connectivity index is 2.46. The predicted octanol–water partition coefficient (Wildman–Crippen LogP) is 1.48. The maximum absolute atomic E-state index is 12.3. The average Bonchev–Trinajstić information content (AvgIpc) is 2.34. The van der Waals surface area contributed by atoms with E-state index in [9.17, 15) is 8.42 Å². The molecule has 0 aliphatic rings. The predicted molar refractivity (Wildman–Crippen MR) is 73.2 cm³/mol. The molecule has 3 N–H and O–H groups in total. The van der Waals surface area contributed by atoms with Crippen LogP contribution in [0.25, 0.3) is 0 Å². The zero-order valence-corrected chi connectivity index (χ0v) is 11.4. The number of nitrogens with zero attached hydrogens (tertiary/aromatic N) is 2. The summed E-state index contributed by atoms with van der Waals surface area (Å²) in [7, 11) is -3.72. The maximum atomic E-state index is 12.3. The molecule has 0 radical (unpaired) electrons. The van der Waals surface area contributed by atoms with Crippen molar-refractivity contribution in [2.24, 2.45) is 0 Å². The van der Waals surface area contributed by atoms with Gasteiger partial charge in [-0.3, -0.25) is 4.72 Å². The topological polar surface area (TPSA) is 98.0 Å². The van der Waals surface area contributed by atoms with Crippen LogP contribution in [0.2, 0.25) is 0 Å². The fourth-order valence-corrected chi connectivity index (χ4v) is 3.03. The number of nitrogen functional groups attached to an aromatic ring is 1. The van der Waals surface area contributed by atoms with Crippen molar-refractivity contribution in [2.45, 2.75) is 18.7 Å². The first kappa shape index (κ1) is 13.3. The summed E-state index contributed by atoms with van der Waals surface area (Å²) in [5, 5.41) is 7.31. The molecule has 0 fully saturated rings. The van der Waals surface area contributed by atoms with Gasteiger partial charge in [0, 0.05) is 11.9 Å². The summed E-state index contributed by atoms with van der Waals surface area (Å²) < 4.78 is 27.0. The van der Waals surface area contributed by atoms with E-state index in [1.54, 1.807) is 19.1 Å². The van der Waals surface area contributed by atoms with Gasteiger partial charge in [0.2, 0.25) is 0 Å². The second kappa shape index (κ2) is 4.85. The highest BCUT2D eigenvalue weighted by Gasteiger charge is 2.19. The molecule has 2 aromatic rings. The molecule has 0 aliphatic carbocycles. The van der Waals surface area contributed by atoms with Gasteiger partial charge in [-0.2, -0.15) is 5.10 Å². The Labute approximate surface area is 111 Å². The van der Waals surface area contributed by atoms with Gasteiger partial charge in [-0.1, -0.05) is 0 Å². The van der Waals surface area contributed by atoms with Gasteiger partial charge in [-0.15, -0.1) is 5.10 Å². The summed E-state index contributed by atoms with van der Waals surface area (Å²) >= 11 is 0. The molecule has 0 aliphatic heterocycles. The highest BCUT2D eigenvalue weighted by Crippen LogP contribution is 2.23. The largest absolute Gasteiger partial charge is 0.399 e. The second-order valence-electron chi connectivity index (χ2n) is 4.18. The third-order valence-corrected chi connectivity index (χ3v) is 4.22. The minimum Gasteiger partial charge on any atom is -0.399 e. The van der Waals surface area contributed by atoms with Crippen LogP contribution in [0.5, 0.6) is 0 Å². The van der Waals surface area contributed by atoms with Gasteiger partial charge in [-0.25, -0.2) is 8.42 Å². The quantitative estimate of drug-likeness (QED) is 0.829. The van der Waals surface area contributed by atoms with Crippen molar-refractivity contribution in [3.05, 3.63) is 41.6 Å². The molecule has 0 amide bonds. The molecule has 6 nitrogen and oxygen atoms in total. The van der Waals surface area contributed by atoms with Crippen LogP contribution in [-0.4, -0.2) is 18.6 Å². The standard InChI is InChI=1S/C12H14N4O2S/c1-8-6-10(13)7-11(9(8)2)19(17,18)16-12-4-3-5-14-15-12/h3-7H,13H2,1-2H3,(H,15,16). The highest BCUT2D eigenvalue weighted by atomic mass is 32.2. The number of sulfonamides is 1. The number of aryl methyl sites for hydroxylation is 1. The zero-order chi connectivity index (χ0) is 14.0. The number of nitrogens with two attached hydrogens (primary N) is 1. The van der Waals surface area contributed by atoms with Crippen LogP contribution in [0.15, 0.2) is 35.4 Å². The molecule has 2 rings (SSSR count). The van der Waals surface area contributed by atoms with E-state index in [0.29, 0.717) is 11.3 Å². The summed E-state index contributed by atoms with van der Waals surface area (Å²) in [4.78, 5) is 0.149. The van der Waals surface area contributed by atoms with E-state index in [0.717, 1.165) is 5.56 Å². The highest BCUT2D eigenvalue weighted by molar-refractivity contribution is 7.92. The molecule has 19 heavy (non-hydrogen) atoms. The van der Waals surface area contributed by atoms with E-state index in [-0.39, 0.29) is 10.7 Å². The van der Waals surface area contributed by atoms with Gasteiger partial charge in [-0.05, 0) is 49.2 Å². The lowest BCUT2D eigenvalue weighted by molar-refractivity contribution is 0.600. The normalized spacial score (nSPS) is 11.3. The first-order valence-corrected chi connectivity index (χ1v) is 7.06. The number of nitrogens with one attached hydrogen (secondary N) is 1. The molecule has 1 aromatic heterocycles. The second-order valence-corrected chi connectivity index (χ2v) is 5.83. The molecule has 1 aromatic carbocycles. The molecule has 100 valence electrons. The first-order chi connectivity index (χ1) is 8.90. The zero-order valence-electron chi connectivity index (χ0n) is 10.6. The molecule has 7 heteroatoms. The molecular formula is C12H14N4O2S. The van der Waals surface area contributed by atoms with Crippen LogP contribution in [0.3, 0.4) is 0 Å². The number of hydrogen-bond acceptors (Lipinski definition) is 5. The van der Waals surface area contributed by atoms with Gasteiger partial charge >= 0.3 is 0 Å². The van der Waals surface area contributed by atoms with Crippen LogP contribution < -0.4 is 10.5 Å². The molecule has 0 bridgehead atoms. The molecule has 1 heterocycles. The van der Waals surface area contributed by atoms with Crippen molar-refractivity contribution in [2.75, 3.05) is 10.5 Å². The Morgan fingerprint density at radius 2 is 2.00 bits per heavy atom. The van der Waals surface area contributed by atoms with Crippen molar-refractivity contribution >= 4 is 21.5 Å². The minimum atomic E-state index is -3.72. The summed E-state index contributed by atoms with van der Waals surface area (Å²) in [5.41, 5.74) is 7.58. The monoisotopic (exact) mass is 278 g/mol. The Morgan fingerprint density at radius 3 is 2.63 bits per heavy atom. The average molecular weight is 278 g/mol. The van der Waals surface area contributed by atoms with E-state index in [2.05, 4.69) is 14.9 Å². The first-order valence-electron chi connectivity index (χ1n) is 5.57. The summed E-state index contributed by atoms with van der Waals surface area (Å²) in [6, 6.07) is 6.29. The third-order valence-electron chi connectivity index (χ3n) is 2.74. The van der Waals surface area contributed by atoms with Crippen LogP contribution in [-0.2, 0) is 10.0 Å². The SMILES string of the molecule is Cc1cc(N)cc(S(=O)(=O)Nc2cccnn2)c1C. The van der Waals surface area contributed by atoms with Crippen LogP contribution in [0, 0.1) is 13.8 Å². The molecular weight excluding hydrogens is 264 g/mol. The van der Waals surface area contributed by atoms with E-state index < -0.39 is 10.0 Å². The fraction of sp³-hybridized carbons (Fsp3) is 0.167. The van der Waals surface area contributed by atoms with Crippen molar-refractivity contribution in [3.8, 4) is 0 Å². The van der Waals surface area contributed by atoms with E-state index >= 15 is 0 Å². The van der Waals surface area contributed by atoms with Crippen LogP contribution in [0.4, 0.5) is 11.5 Å². The Bertz CT molecular complexity index is 699. The minimum absolute atomic E-state index is 0.149. The van der Waals surface area contributed by atoms with Gasteiger partial charge in [0.05, 0.1) is 4.90 Å². The molecule has 0 saturated carbocycles. The van der Waals surface area contributed by atoms with E-state index in [1.807, 2.05) is 6.92 Å². The number of anilines is 2. The van der Waals surface area contributed by atoms with E-state index in [4.69, 9.17) is 5.73 Å². The Morgan fingerprint density at radius 1 is 1.26 bits per heavy atom. The molecule has 0 saturated heterocycles. The summed E-state index contributed by atoms with van der Waals surface area (Å²) in [6.07, 6.45) is 1.47. The van der Waals surface area contributed by atoms with Crippen molar-refractivity contribution in [1.82, 2.24) is 10.2 Å². The Hall–Kier alpha value is -2.15. The van der Waals surface area contributed by atoms with Crippen molar-refractivity contribution < 1.29 is 8.42 Å². The lowest BCUT2D eigenvalue weighted by Crippen LogP contribution is -2.16. The lowest BCUT2D eigenvalue weighted by atomic mass is 10.1. The van der Waals surface area contributed by atoms with Crippen molar-refractivity contribution in [1.29, 1.82) is 0 Å². The van der Waals surface area contributed by atoms with Gasteiger partial charge in [0.15, 0.2) is 5.82 Å². The Kier molecular flexibility index (Phi) is 3.39. The summed E-state index contributed by atoms with van der Waals surface area (Å²) in [6.45, 7) is 3.55. The van der Waals surface area contributed by atoms with Gasteiger partial charge < -0.3 is 5.73 Å². The molecule has 0 atom stereocenters. The number of aromatic nitrogens is 2. The third kappa shape index (κ3) is 2.82. The number of rotatable bonds is 3. The summed E-state index contributed by atoms with van der Waals surface area (Å²) in [5.74, 6) is 0.168. The number of hydrogen-bond donors (Lipinski definition) is 2. The lowest BCUT2D eigenvalue weighted by Gasteiger charge is -2.12. The molecule has 0 spiro atoms. The smallest absolute Gasteiger partial charge is 0.263 e. The van der Waals surface area contributed by atoms with E-state index in [1.165, 1.54) is 18.3 Å². The maximum Gasteiger partial charge on any atom is 0.263 e. The van der Waals surface area contributed by atoms with Crippen LogP contribution in [0.1, 0.15) is 11.1 Å². The van der Waals surface area contributed by atoms with Crippen molar-refractivity contribution in [3.63, 3.8) is 0 Å². The van der Waals surface area contributed by atoms with Crippen LogP contribution >= 0.6 is 0 Å². The van der Waals surface area contributed by atoms with Gasteiger partial charge in [0.1, 0.15) is 0 Å². The molecule has 0 unspecified atom stereocenters.